The average molecular weight is 584 g/mol. The van der Waals surface area contributed by atoms with E-state index in [9.17, 15) is 14.4 Å². The van der Waals surface area contributed by atoms with E-state index in [1.165, 1.54) is 0 Å². The van der Waals surface area contributed by atoms with Crippen molar-refractivity contribution in [3.8, 4) is 0 Å². The van der Waals surface area contributed by atoms with E-state index < -0.39 is 22.5 Å². The van der Waals surface area contributed by atoms with Crippen LogP contribution in [0.5, 0.6) is 0 Å². The Labute approximate surface area is 255 Å². The summed E-state index contributed by atoms with van der Waals surface area (Å²) in [6, 6.07) is 6.00. The Kier molecular flexibility index (Phi) is 6.88. The fraction of sp³-hybridized carbons (Fsp3) is 0.595. The maximum absolute atomic E-state index is 14.5. The Morgan fingerprint density at radius 2 is 2.02 bits per heavy atom. The minimum absolute atomic E-state index is 0.00500. The SMILES string of the molecule is CC[C@H](C)C[C@@H]1[C@]23C=CCC[C@]2([C@H](C(=O)CC[C@]24C=CC=C[C@H]2CCC4)OC3=O)[C@@]12OC(=O)c1c(CCCN)cccc12. The molecule has 6 aliphatic rings. The van der Waals surface area contributed by atoms with E-state index in [4.69, 9.17) is 15.2 Å². The third-order valence-corrected chi connectivity index (χ3v) is 12.4. The van der Waals surface area contributed by atoms with Crippen LogP contribution in [0.15, 0.2) is 54.7 Å². The minimum atomic E-state index is -1.08. The normalized spacial score (nSPS) is 38.6. The second-order valence-corrected chi connectivity index (χ2v) is 14.2. The van der Waals surface area contributed by atoms with Gasteiger partial charge in [-0.2, -0.15) is 0 Å². The van der Waals surface area contributed by atoms with Gasteiger partial charge in [-0.1, -0.05) is 81.3 Å². The molecule has 0 unspecified atom stereocenters. The number of allylic oxidation sites excluding steroid dienone is 5. The van der Waals surface area contributed by atoms with E-state index in [0.717, 1.165) is 49.7 Å². The van der Waals surface area contributed by atoms with Crippen molar-refractivity contribution in [2.75, 3.05) is 6.54 Å². The van der Waals surface area contributed by atoms with Crippen molar-refractivity contribution >= 4 is 17.7 Å². The Morgan fingerprint density at radius 3 is 2.84 bits per heavy atom. The maximum Gasteiger partial charge on any atom is 0.339 e. The van der Waals surface area contributed by atoms with E-state index >= 15 is 0 Å². The van der Waals surface area contributed by atoms with Gasteiger partial charge in [-0.25, -0.2) is 4.79 Å². The van der Waals surface area contributed by atoms with Gasteiger partial charge in [0.25, 0.3) is 0 Å². The standard InChI is InChI=1S/C37H45NO5/c1-3-24(2)23-29-35-19-6-7-20-36(35,37(29)27-15-8-11-25(12-10-22-38)30(27)32(40)43-37)31(42-33(35)41)28(39)16-21-34-17-5-4-13-26(34)14-9-18-34/h4-6,8,11,13,15,17,19,24,26,29,31H,3,7,9-10,12,14,16,18,20-23,38H2,1-2H3/t24-,26-,29+,31-,34+,35-,36+,37-/m0/s1. The van der Waals surface area contributed by atoms with Gasteiger partial charge >= 0.3 is 11.9 Å². The molecule has 3 fully saturated rings. The van der Waals surface area contributed by atoms with Crippen LogP contribution in [0.4, 0.5) is 0 Å². The number of carbonyl (C=O) groups is 3. The Hall–Kier alpha value is -2.99. The number of ketones is 1. The van der Waals surface area contributed by atoms with Gasteiger partial charge in [0.05, 0.1) is 11.0 Å². The van der Waals surface area contributed by atoms with Crippen LogP contribution in [-0.2, 0) is 31.1 Å². The molecule has 6 heteroatoms. The molecule has 2 N–H and O–H groups in total. The van der Waals surface area contributed by atoms with E-state index in [2.05, 4.69) is 44.2 Å². The zero-order chi connectivity index (χ0) is 30.0. The Bertz CT molecular complexity index is 1440. The summed E-state index contributed by atoms with van der Waals surface area (Å²) in [6.07, 6.45) is 20.9. The number of hydrogen-bond acceptors (Lipinski definition) is 6. The summed E-state index contributed by atoms with van der Waals surface area (Å²) < 4.78 is 13.0. The van der Waals surface area contributed by atoms with Gasteiger partial charge in [0, 0.05) is 17.9 Å². The summed E-state index contributed by atoms with van der Waals surface area (Å²) in [4.78, 5) is 42.6. The number of nitrogens with two attached hydrogens (primary N) is 1. The summed E-state index contributed by atoms with van der Waals surface area (Å²) in [5.74, 6) is -0.223. The van der Waals surface area contributed by atoms with Gasteiger partial charge in [-0.3, -0.25) is 9.59 Å². The van der Waals surface area contributed by atoms with Crippen molar-refractivity contribution in [3.63, 3.8) is 0 Å². The molecule has 1 aromatic rings. The highest BCUT2D eigenvalue weighted by molar-refractivity contribution is 6.01. The summed E-state index contributed by atoms with van der Waals surface area (Å²) in [5, 5.41) is 0. The topological polar surface area (TPSA) is 95.7 Å². The van der Waals surface area contributed by atoms with Crippen LogP contribution in [0.25, 0.3) is 0 Å². The van der Waals surface area contributed by atoms with Crippen LogP contribution in [0.2, 0.25) is 0 Å². The minimum Gasteiger partial charge on any atom is -0.453 e. The molecule has 0 radical (unpaired) electrons. The second kappa shape index (κ2) is 10.3. The van der Waals surface area contributed by atoms with Crippen molar-refractivity contribution in [2.45, 2.75) is 96.2 Å². The van der Waals surface area contributed by atoms with Gasteiger partial charge in [-0.15, -0.1) is 0 Å². The number of aryl methyl sites for hydroxylation is 1. The van der Waals surface area contributed by atoms with Crippen molar-refractivity contribution in [1.82, 2.24) is 0 Å². The fourth-order valence-electron chi connectivity index (χ4n) is 10.4. The van der Waals surface area contributed by atoms with Crippen LogP contribution < -0.4 is 5.73 Å². The van der Waals surface area contributed by atoms with Crippen LogP contribution in [-0.4, -0.2) is 30.4 Å². The summed E-state index contributed by atoms with van der Waals surface area (Å²) >= 11 is 0. The molecule has 6 nitrogen and oxygen atoms in total. The lowest BCUT2D eigenvalue weighted by Crippen LogP contribution is -2.78. The first-order chi connectivity index (χ1) is 20.8. The molecule has 1 aromatic carbocycles. The lowest BCUT2D eigenvalue weighted by atomic mass is 9.30. The first-order valence-corrected chi connectivity index (χ1v) is 16.6. The monoisotopic (exact) mass is 583 g/mol. The number of benzene rings is 1. The van der Waals surface area contributed by atoms with Crippen molar-refractivity contribution in [2.24, 2.45) is 39.7 Å². The molecule has 1 saturated heterocycles. The number of esters is 2. The number of Topliss-reactive ketones (excluding diaryl/α,β-unsaturated/α-hetero) is 1. The van der Waals surface area contributed by atoms with Crippen LogP contribution in [0.3, 0.4) is 0 Å². The summed E-state index contributed by atoms with van der Waals surface area (Å²) in [5.41, 5.74) is 5.22. The van der Waals surface area contributed by atoms with Gasteiger partial charge in [0.1, 0.15) is 5.41 Å². The van der Waals surface area contributed by atoms with Crippen LogP contribution in [0.1, 0.15) is 99.5 Å². The third-order valence-electron chi connectivity index (χ3n) is 12.4. The quantitative estimate of drug-likeness (QED) is 0.249. The number of rotatable bonds is 10. The van der Waals surface area contributed by atoms with Gasteiger partial charge in [0.2, 0.25) is 0 Å². The number of fused-ring (bicyclic) bond motifs is 3. The smallest absolute Gasteiger partial charge is 0.339 e. The highest BCUT2D eigenvalue weighted by Crippen LogP contribution is 2.83. The molecular formula is C37H45NO5. The molecule has 0 bridgehead atoms. The number of cyclic esters (lactones) is 1. The zero-order valence-electron chi connectivity index (χ0n) is 25.6. The summed E-state index contributed by atoms with van der Waals surface area (Å²) in [6.45, 7) is 4.88. The van der Waals surface area contributed by atoms with Gasteiger partial charge in [-0.05, 0) is 80.7 Å². The van der Waals surface area contributed by atoms with Gasteiger partial charge < -0.3 is 15.2 Å². The molecule has 0 aromatic heterocycles. The highest BCUT2D eigenvalue weighted by Gasteiger charge is 2.92. The molecule has 2 aliphatic heterocycles. The molecule has 43 heavy (non-hydrogen) atoms. The van der Waals surface area contributed by atoms with Gasteiger partial charge in [0.15, 0.2) is 17.5 Å². The summed E-state index contributed by atoms with van der Waals surface area (Å²) in [7, 11) is 0. The van der Waals surface area contributed by atoms with Crippen molar-refractivity contribution < 1.29 is 23.9 Å². The molecule has 1 spiro atoms. The maximum atomic E-state index is 14.5. The largest absolute Gasteiger partial charge is 0.453 e. The number of ether oxygens (including phenoxy) is 2. The third kappa shape index (κ3) is 3.59. The Balaban J connectivity index is 1.33. The van der Waals surface area contributed by atoms with E-state index in [-0.39, 0.29) is 29.1 Å². The average Bonchev–Trinajstić information content (AvgIpc) is 3.67. The number of carbonyl (C=O) groups excluding carboxylic acids is 3. The molecule has 2 saturated carbocycles. The van der Waals surface area contributed by atoms with Crippen molar-refractivity contribution in [3.05, 3.63) is 71.3 Å². The fourth-order valence-corrected chi connectivity index (χ4v) is 10.4. The molecule has 228 valence electrons. The van der Waals surface area contributed by atoms with Crippen LogP contribution in [0, 0.1) is 34.0 Å². The zero-order valence-corrected chi connectivity index (χ0v) is 25.6. The molecule has 4 aliphatic carbocycles. The molecular weight excluding hydrogens is 538 g/mol. The second-order valence-electron chi connectivity index (χ2n) is 14.2. The predicted molar refractivity (Wildman–Crippen MR) is 164 cm³/mol. The van der Waals surface area contributed by atoms with E-state index in [1.54, 1.807) is 0 Å². The predicted octanol–water partition coefficient (Wildman–Crippen LogP) is 6.52. The molecule has 0 amide bonds. The number of hydrogen-bond donors (Lipinski definition) is 1. The van der Waals surface area contributed by atoms with E-state index in [0.29, 0.717) is 56.0 Å². The lowest BCUT2D eigenvalue weighted by Gasteiger charge is -2.70. The molecule has 8 atom stereocenters. The van der Waals surface area contributed by atoms with E-state index in [1.807, 2.05) is 24.3 Å². The van der Waals surface area contributed by atoms with Crippen LogP contribution >= 0.6 is 0 Å². The highest BCUT2D eigenvalue weighted by atomic mass is 16.6. The Morgan fingerprint density at radius 1 is 1.16 bits per heavy atom. The lowest BCUT2D eigenvalue weighted by molar-refractivity contribution is -0.293. The first-order valence-electron chi connectivity index (χ1n) is 16.6. The molecule has 7 rings (SSSR count). The first kappa shape index (κ1) is 28.8. The van der Waals surface area contributed by atoms with Crippen molar-refractivity contribution in [1.29, 1.82) is 0 Å². The molecule has 2 heterocycles.